The molecule has 7 heteroatoms. The third-order valence-corrected chi connectivity index (χ3v) is 4.53. The van der Waals surface area contributed by atoms with Crippen LogP contribution in [0.25, 0.3) is 0 Å². The van der Waals surface area contributed by atoms with E-state index in [9.17, 15) is 19.5 Å². The summed E-state index contributed by atoms with van der Waals surface area (Å²) in [6, 6.07) is 7.31. The van der Waals surface area contributed by atoms with Crippen LogP contribution in [0.1, 0.15) is 37.7 Å². The SMILES string of the molecule is Cc1ccc(NC(=O)CN(C)C(=O)COC(=O)C2(O)CCCCC2)cc1. The first-order chi connectivity index (χ1) is 12.3. The maximum atomic E-state index is 12.1. The van der Waals surface area contributed by atoms with Crippen molar-refractivity contribution in [1.29, 1.82) is 0 Å². The van der Waals surface area contributed by atoms with Gasteiger partial charge >= 0.3 is 5.97 Å². The van der Waals surface area contributed by atoms with Crippen LogP contribution in [-0.2, 0) is 19.1 Å². The average molecular weight is 362 g/mol. The van der Waals surface area contributed by atoms with Crippen molar-refractivity contribution in [2.45, 2.75) is 44.6 Å². The maximum absolute atomic E-state index is 12.1. The summed E-state index contributed by atoms with van der Waals surface area (Å²) in [5, 5.41) is 13.0. The molecule has 1 aliphatic rings. The van der Waals surface area contributed by atoms with Crippen LogP contribution < -0.4 is 5.32 Å². The number of aryl methyl sites for hydroxylation is 1. The highest BCUT2D eigenvalue weighted by Crippen LogP contribution is 2.29. The Bertz CT molecular complexity index is 650. The van der Waals surface area contributed by atoms with E-state index in [1.54, 1.807) is 12.1 Å². The van der Waals surface area contributed by atoms with Gasteiger partial charge in [0.1, 0.15) is 0 Å². The van der Waals surface area contributed by atoms with Gasteiger partial charge in [-0.1, -0.05) is 24.1 Å². The largest absolute Gasteiger partial charge is 0.453 e. The van der Waals surface area contributed by atoms with Gasteiger partial charge in [-0.3, -0.25) is 9.59 Å². The number of amides is 2. The molecule has 26 heavy (non-hydrogen) atoms. The van der Waals surface area contributed by atoms with E-state index >= 15 is 0 Å². The first kappa shape index (κ1) is 19.9. The number of nitrogens with zero attached hydrogens (tertiary/aromatic N) is 1. The number of benzene rings is 1. The van der Waals surface area contributed by atoms with Gasteiger partial charge < -0.3 is 20.1 Å². The van der Waals surface area contributed by atoms with Crippen molar-refractivity contribution in [3.05, 3.63) is 29.8 Å². The Kier molecular flexibility index (Phi) is 6.74. The predicted molar refractivity (Wildman–Crippen MR) is 96.4 cm³/mol. The number of ether oxygens (including phenoxy) is 1. The number of hydrogen-bond donors (Lipinski definition) is 2. The smallest absolute Gasteiger partial charge is 0.338 e. The maximum Gasteiger partial charge on any atom is 0.338 e. The summed E-state index contributed by atoms with van der Waals surface area (Å²) in [6.45, 7) is 1.30. The number of carbonyl (C=O) groups excluding carboxylic acids is 3. The minimum absolute atomic E-state index is 0.158. The lowest BCUT2D eigenvalue weighted by Crippen LogP contribution is -2.44. The molecule has 2 rings (SSSR count). The molecule has 2 amide bonds. The highest BCUT2D eigenvalue weighted by Gasteiger charge is 2.39. The number of hydrogen-bond acceptors (Lipinski definition) is 5. The van der Waals surface area contributed by atoms with Gasteiger partial charge in [0.2, 0.25) is 5.91 Å². The van der Waals surface area contributed by atoms with E-state index in [-0.39, 0.29) is 12.5 Å². The van der Waals surface area contributed by atoms with Crippen molar-refractivity contribution >= 4 is 23.5 Å². The Morgan fingerprint density at radius 1 is 1.15 bits per heavy atom. The molecular formula is C19H26N2O5. The molecule has 1 aromatic carbocycles. The fourth-order valence-electron chi connectivity index (χ4n) is 2.85. The standard InChI is InChI=1S/C19H26N2O5/c1-14-6-8-15(9-7-14)20-16(22)12-21(2)17(23)13-26-18(24)19(25)10-4-3-5-11-19/h6-9,25H,3-5,10-13H2,1-2H3,(H,20,22). The summed E-state index contributed by atoms with van der Waals surface area (Å²) in [4.78, 5) is 37.2. The fourth-order valence-corrected chi connectivity index (χ4v) is 2.85. The van der Waals surface area contributed by atoms with Crippen LogP contribution in [0, 0.1) is 6.92 Å². The molecule has 1 saturated carbocycles. The third-order valence-electron chi connectivity index (χ3n) is 4.53. The number of esters is 1. The van der Waals surface area contributed by atoms with E-state index in [0.717, 1.165) is 24.8 Å². The van der Waals surface area contributed by atoms with Crippen LogP contribution in [0.15, 0.2) is 24.3 Å². The van der Waals surface area contributed by atoms with Crippen molar-refractivity contribution in [3.63, 3.8) is 0 Å². The second-order valence-electron chi connectivity index (χ2n) is 6.83. The summed E-state index contributed by atoms with van der Waals surface area (Å²) >= 11 is 0. The zero-order valence-electron chi connectivity index (χ0n) is 15.3. The quantitative estimate of drug-likeness (QED) is 0.750. The van der Waals surface area contributed by atoms with E-state index in [0.29, 0.717) is 18.5 Å². The van der Waals surface area contributed by atoms with Crippen LogP contribution >= 0.6 is 0 Å². The van der Waals surface area contributed by atoms with E-state index in [4.69, 9.17) is 4.74 Å². The Labute approximate surface area is 153 Å². The minimum atomic E-state index is -1.49. The molecule has 0 atom stereocenters. The Morgan fingerprint density at radius 2 is 1.77 bits per heavy atom. The molecule has 1 aliphatic carbocycles. The lowest BCUT2D eigenvalue weighted by Gasteiger charge is -2.29. The predicted octanol–water partition coefficient (Wildman–Crippen LogP) is 1.63. The van der Waals surface area contributed by atoms with Crippen molar-refractivity contribution < 1.29 is 24.2 Å². The number of nitrogens with one attached hydrogen (secondary N) is 1. The molecule has 7 nitrogen and oxygen atoms in total. The fraction of sp³-hybridized carbons (Fsp3) is 0.526. The third kappa shape index (κ3) is 5.56. The normalized spacial score (nSPS) is 15.8. The summed E-state index contributed by atoms with van der Waals surface area (Å²) in [5.41, 5.74) is 0.240. The Hall–Kier alpha value is -2.41. The minimum Gasteiger partial charge on any atom is -0.453 e. The summed E-state index contributed by atoms with van der Waals surface area (Å²) < 4.78 is 4.97. The van der Waals surface area contributed by atoms with Crippen molar-refractivity contribution in [3.8, 4) is 0 Å². The molecule has 0 aliphatic heterocycles. The molecule has 0 aromatic heterocycles. The van der Waals surface area contributed by atoms with Gasteiger partial charge in [0.05, 0.1) is 6.54 Å². The molecule has 0 radical (unpaired) electrons. The van der Waals surface area contributed by atoms with Gasteiger partial charge in [0.25, 0.3) is 5.91 Å². The molecule has 0 heterocycles. The lowest BCUT2D eigenvalue weighted by atomic mass is 9.85. The van der Waals surface area contributed by atoms with E-state index < -0.39 is 24.1 Å². The van der Waals surface area contributed by atoms with E-state index in [1.165, 1.54) is 11.9 Å². The summed E-state index contributed by atoms with van der Waals surface area (Å²) in [7, 11) is 1.46. The van der Waals surface area contributed by atoms with Crippen molar-refractivity contribution in [2.75, 3.05) is 25.5 Å². The van der Waals surface area contributed by atoms with Crippen LogP contribution in [-0.4, -0.2) is 53.6 Å². The molecule has 1 aromatic rings. The van der Waals surface area contributed by atoms with Crippen LogP contribution in [0.5, 0.6) is 0 Å². The number of rotatable bonds is 6. The molecule has 0 unspecified atom stereocenters. The van der Waals surface area contributed by atoms with Crippen molar-refractivity contribution in [1.82, 2.24) is 4.90 Å². The highest BCUT2D eigenvalue weighted by molar-refractivity contribution is 5.94. The molecular weight excluding hydrogens is 336 g/mol. The Morgan fingerprint density at radius 3 is 2.38 bits per heavy atom. The topological polar surface area (TPSA) is 95.9 Å². The summed E-state index contributed by atoms with van der Waals surface area (Å²) in [5.74, 6) is -1.61. The molecule has 0 saturated heterocycles. The molecule has 1 fully saturated rings. The van der Waals surface area contributed by atoms with Crippen molar-refractivity contribution in [2.24, 2.45) is 0 Å². The van der Waals surface area contributed by atoms with E-state index in [1.807, 2.05) is 19.1 Å². The number of carbonyl (C=O) groups is 3. The second kappa shape index (κ2) is 8.80. The van der Waals surface area contributed by atoms with Gasteiger partial charge in [-0.2, -0.15) is 0 Å². The summed E-state index contributed by atoms with van der Waals surface area (Å²) in [6.07, 6.45) is 3.22. The van der Waals surface area contributed by atoms with Crippen LogP contribution in [0.3, 0.4) is 0 Å². The second-order valence-corrected chi connectivity index (χ2v) is 6.83. The first-order valence-electron chi connectivity index (χ1n) is 8.80. The molecule has 0 bridgehead atoms. The first-order valence-corrected chi connectivity index (χ1v) is 8.80. The van der Waals surface area contributed by atoms with Gasteiger partial charge in [-0.15, -0.1) is 0 Å². The highest BCUT2D eigenvalue weighted by atomic mass is 16.6. The van der Waals surface area contributed by atoms with E-state index in [2.05, 4.69) is 5.32 Å². The van der Waals surface area contributed by atoms with Crippen LogP contribution in [0.4, 0.5) is 5.69 Å². The molecule has 142 valence electrons. The number of anilines is 1. The monoisotopic (exact) mass is 362 g/mol. The molecule has 0 spiro atoms. The number of likely N-dealkylation sites (N-methyl/N-ethyl adjacent to an activating group) is 1. The number of aliphatic hydroxyl groups is 1. The zero-order chi connectivity index (χ0) is 19.2. The van der Waals surface area contributed by atoms with Gasteiger partial charge in [0, 0.05) is 12.7 Å². The zero-order valence-corrected chi connectivity index (χ0v) is 15.3. The molecule has 2 N–H and O–H groups in total. The Balaban J connectivity index is 1.76. The van der Waals surface area contributed by atoms with Gasteiger partial charge in [0.15, 0.2) is 12.2 Å². The lowest BCUT2D eigenvalue weighted by molar-refractivity contribution is -0.172. The van der Waals surface area contributed by atoms with Gasteiger partial charge in [-0.25, -0.2) is 4.79 Å². The van der Waals surface area contributed by atoms with Gasteiger partial charge in [-0.05, 0) is 44.7 Å². The average Bonchev–Trinajstić information content (AvgIpc) is 2.61. The van der Waals surface area contributed by atoms with Crippen LogP contribution in [0.2, 0.25) is 0 Å².